The van der Waals surface area contributed by atoms with Gasteiger partial charge in [0.2, 0.25) is 5.56 Å². The Hall–Kier alpha value is -2.59. The summed E-state index contributed by atoms with van der Waals surface area (Å²) in [5.41, 5.74) is 4.98. The standard InChI is InChI=1S/C24H28N2O2/c1-26(14-13-17-9-10-18-11-12-24(27)25-22(18)15-17)16-19-5-3-7-21-20(19)6-4-8-23(21)28-2/h4,6,8-12,15,19H,3,5,7,13-14,16H2,1-2H3,(H,25,27). The number of fused-ring (bicyclic) bond motifs is 2. The van der Waals surface area contributed by atoms with Crippen LogP contribution in [-0.2, 0) is 12.8 Å². The lowest BCUT2D eigenvalue weighted by molar-refractivity contribution is 0.299. The SMILES string of the molecule is COc1cccc2c1CCCC2CN(C)CCc1ccc2ccc(=O)[nH]c2c1. The maximum absolute atomic E-state index is 11.6. The number of pyridine rings is 1. The van der Waals surface area contributed by atoms with Gasteiger partial charge in [-0.3, -0.25) is 4.79 Å². The van der Waals surface area contributed by atoms with Gasteiger partial charge in [0, 0.05) is 24.7 Å². The van der Waals surface area contributed by atoms with E-state index in [4.69, 9.17) is 4.74 Å². The molecule has 4 nitrogen and oxygen atoms in total. The molecule has 28 heavy (non-hydrogen) atoms. The van der Waals surface area contributed by atoms with Gasteiger partial charge in [-0.25, -0.2) is 0 Å². The number of nitrogens with one attached hydrogen (secondary N) is 1. The second kappa shape index (κ2) is 8.19. The second-order valence-corrected chi connectivity index (χ2v) is 7.87. The monoisotopic (exact) mass is 376 g/mol. The highest BCUT2D eigenvalue weighted by molar-refractivity contribution is 5.78. The van der Waals surface area contributed by atoms with E-state index in [-0.39, 0.29) is 5.56 Å². The van der Waals surface area contributed by atoms with E-state index < -0.39 is 0 Å². The summed E-state index contributed by atoms with van der Waals surface area (Å²) in [6.07, 6.45) is 4.56. The quantitative estimate of drug-likeness (QED) is 0.703. The van der Waals surface area contributed by atoms with Crippen molar-refractivity contribution in [3.8, 4) is 5.75 Å². The van der Waals surface area contributed by atoms with Gasteiger partial charge in [0.1, 0.15) is 5.75 Å². The minimum absolute atomic E-state index is 0.0480. The highest BCUT2D eigenvalue weighted by Crippen LogP contribution is 2.36. The van der Waals surface area contributed by atoms with Crippen LogP contribution in [0, 0.1) is 0 Å². The molecule has 1 aliphatic rings. The van der Waals surface area contributed by atoms with Crippen LogP contribution >= 0.6 is 0 Å². The lowest BCUT2D eigenvalue weighted by Gasteiger charge is -2.30. The van der Waals surface area contributed by atoms with E-state index in [1.54, 1.807) is 13.2 Å². The summed E-state index contributed by atoms with van der Waals surface area (Å²) in [4.78, 5) is 16.9. The van der Waals surface area contributed by atoms with Crippen molar-refractivity contribution >= 4 is 10.9 Å². The highest BCUT2D eigenvalue weighted by Gasteiger charge is 2.23. The van der Waals surface area contributed by atoms with Crippen LogP contribution in [0.1, 0.15) is 35.4 Å². The number of H-pyrrole nitrogens is 1. The van der Waals surface area contributed by atoms with Gasteiger partial charge >= 0.3 is 0 Å². The molecule has 0 aliphatic heterocycles. The van der Waals surface area contributed by atoms with Crippen LogP contribution in [-0.4, -0.2) is 37.1 Å². The highest BCUT2D eigenvalue weighted by atomic mass is 16.5. The Morgan fingerprint density at radius 2 is 2.04 bits per heavy atom. The van der Waals surface area contributed by atoms with E-state index in [0.29, 0.717) is 5.92 Å². The van der Waals surface area contributed by atoms with Crippen LogP contribution in [0.25, 0.3) is 10.9 Å². The number of benzene rings is 2. The first-order chi connectivity index (χ1) is 13.6. The van der Waals surface area contributed by atoms with Gasteiger partial charge in [0.25, 0.3) is 0 Å². The molecule has 1 heterocycles. The number of nitrogens with zero attached hydrogens (tertiary/aromatic N) is 1. The molecule has 1 aromatic heterocycles. The third kappa shape index (κ3) is 3.97. The molecule has 1 atom stereocenters. The zero-order chi connectivity index (χ0) is 19.5. The number of hydrogen-bond acceptors (Lipinski definition) is 3. The Labute approximate surface area is 166 Å². The van der Waals surface area contributed by atoms with Gasteiger partial charge in [-0.2, -0.15) is 0 Å². The summed E-state index contributed by atoms with van der Waals surface area (Å²) >= 11 is 0. The van der Waals surface area contributed by atoms with Crippen LogP contribution in [0.15, 0.2) is 53.3 Å². The molecular formula is C24H28N2O2. The van der Waals surface area contributed by atoms with Gasteiger partial charge in [0.05, 0.1) is 7.11 Å². The molecule has 0 amide bonds. The molecule has 0 bridgehead atoms. The molecule has 3 aromatic rings. The minimum atomic E-state index is -0.0480. The smallest absolute Gasteiger partial charge is 0.248 e. The predicted octanol–water partition coefficient (Wildman–Crippen LogP) is 4.13. The van der Waals surface area contributed by atoms with Crippen LogP contribution in [0.4, 0.5) is 0 Å². The molecule has 0 saturated carbocycles. The van der Waals surface area contributed by atoms with E-state index in [1.807, 2.05) is 6.07 Å². The van der Waals surface area contributed by atoms with Gasteiger partial charge in [-0.1, -0.05) is 24.3 Å². The van der Waals surface area contributed by atoms with Crippen LogP contribution in [0.2, 0.25) is 0 Å². The lowest BCUT2D eigenvalue weighted by atomic mass is 9.82. The van der Waals surface area contributed by atoms with Crippen LogP contribution in [0.5, 0.6) is 5.75 Å². The van der Waals surface area contributed by atoms with E-state index in [0.717, 1.165) is 42.6 Å². The average molecular weight is 376 g/mol. The van der Waals surface area contributed by atoms with Gasteiger partial charge in [0.15, 0.2) is 0 Å². The maximum atomic E-state index is 11.6. The lowest BCUT2D eigenvalue weighted by Crippen LogP contribution is -2.28. The number of aromatic nitrogens is 1. The molecule has 4 rings (SSSR count). The summed E-state index contributed by atoms with van der Waals surface area (Å²) in [7, 11) is 3.97. The van der Waals surface area contributed by atoms with Crippen LogP contribution < -0.4 is 10.3 Å². The molecule has 0 spiro atoms. The number of aromatic amines is 1. The zero-order valence-corrected chi connectivity index (χ0v) is 16.7. The van der Waals surface area contributed by atoms with Crippen molar-refractivity contribution in [2.75, 3.05) is 27.2 Å². The predicted molar refractivity (Wildman–Crippen MR) is 114 cm³/mol. The fourth-order valence-electron chi connectivity index (χ4n) is 4.43. The van der Waals surface area contributed by atoms with Crippen molar-refractivity contribution in [1.29, 1.82) is 0 Å². The van der Waals surface area contributed by atoms with Crippen molar-refractivity contribution in [3.05, 3.63) is 75.6 Å². The fraction of sp³-hybridized carbons (Fsp3) is 0.375. The molecule has 1 aliphatic carbocycles. The molecule has 0 radical (unpaired) electrons. The van der Waals surface area contributed by atoms with E-state index in [9.17, 15) is 4.79 Å². The summed E-state index contributed by atoms with van der Waals surface area (Å²) in [5, 5.41) is 1.07. The Kier molecular flexibility index (Phi) is 5.49. The van der Waals surface area contributed by atoms with Crippen molar-refractivity contribution in [1.82, 2.24) is 9.88 Å². The molecule has 0 saturated heterocycles. The Balaban J connectivity index is 1.42. The van der Waals surface area contributed by atoms with E-state index in [1.165, 1.54) is 29.5 Å². The molecule has 0 fully saturated rings. The summed E-state index contributed by atoms with van der Waals surface area (Å²) in [6, 6.07) is 16.3. The fourth-order valence-corrected chi connectivity index (χ4v) is 4.43. The van der Waals surface area contributed by atoms with Crippen LogP contribution in [0.3, 0.4) is 0 Å². The maximum Gasteiger partial charge on any atom is 0.248 e. The molecule has 146 valence electrons. The number of likely N-dealkylation sites (N-methyl/N-ethyl adjacent to an activating group) is 1. The van der Waals surface area contributed by atoms with Crippen molar-refractivity contribution in [3.63, 3.8) is 0 Å². The number of rotatable bonds is 6. The number of hydrogen-bond donors (Lipinski definition) is 1. The van der Waals surface area contributed by atoms with Gasteiger partial charge < -0.3 is 14.6 Å². The molecule has 1 unspecified atom stereocenters. The number of methoxy groups -OCH3 is 1. The second-order valence-electron chi connectivity index (χ2n) is 7.87. The Morgan fingerprint density at radius 3 is 2.89 bits per heavy atom. The summed E-state index contributed by atoms with van der Waals surface area (Å²) < 4.78 is 5.58. The molecular weight excluding hydrogens is 348 g/mol. The first kappa shape index (κ1) is 18.8. The molecule has 1 N–H and O–H groups in total. The van der Waals surface area contributed by atoms with Crippen molar-refractivity contribution < 1.29 is 4.74 Å². The summed E-state index contributed by atoms with van der Waals surface area (Å²) in [6.45, 7) is 2.06. The first-order valence-electron chi connectivity index (χ1n) is 10.1. The van der Waals surface area contributed by atoms with Gasteiger partial charge in [-0.15, -0.1) is 0 Å². The van der Waals surface area contributed by atoms with Gasteiger partial charge in [-0.05, 0) is 78.9 Å². The third-order valence-electron chi connectivity index (χ3n) is 5.91. The Morgan fingerprint density at radius 1 is 1.18 bits per heavy atom. The molecule has 4 heteroatoms. The largest absolute Gasteiger partial charge is 0.496 e. The number of ether oxygens (including phenoxy) is 1. The summed E-state index contributed by atoms with van der Waals surface area (Å²) in [5.74, 6) is 1.60. The van der Waals surface area contributed by atoms with E-state index in [2.05, 4.69) is 53.3 Å². The minimum Gasteiger partial charge on any atom is -0.496 e. The average Bonchev–Trinajstić information content (AvgIpc) is 2.71. The third-order valence-corrected chi connectivity index (χ3v) is 5.91. The Bertz CT molecular complexity index is 1020. The first-order valence-corrected chi connectivity index (χ1v) is 10.1. The zero-order valence-electron chi connectivity index (χ0n) is 16.7. The normalized spacial score (nSPS) is 16.3. The molecule has 2 aromatic carbocycles. The van der Waals surface area contributed by atoms with Crippen molar-refractivity contribution in [2.45, 2.75) is 31.6 Å². The van der Waals surface area contributed by atoms with E-state index >= 15 is 0 Å². The topological polar surface area (TPSA) is 45.3 Å². The van der Waals surface area contributed by atoms with Crippen molar-refractivity contribution in [2.24, 2.45) is 0 Å².